The molecule has 1 aliphatic heterocycles. The van der Waals surface area contributed by atoms with Crippen molar-refractivity contribution in [1.29, 1.82) is 0 Å². The first kappa shape index (κ1) is 19.3. The number of nitrogens with one attached hydrogen (secondary N) is 1. The molecule has 31 heavy (non-hydrogen) atoms. The molecule has 0 atom stereocenters. The molecule has 0 amide bonds. The van der Waals surface area contributed by atoms with Crippen molar-refractivity contribution in [2.24, 2.45) is 0 Å². The van der Waals surface area contributed by atoms with Gasteiger partial charge in [-0.2, -0.15) is 13.9 Å². The van der Waals surface area contributed by atoms with Gasteiger partial charge in [0.15, 0.2) is 0 Å². The number of rotatable bonds is 5. The van der Waals surface area contributed by atoms with Crippen molar-refractivity contribution in [3.63, 3.8) is 0 Å². The van der Waals surface area contributed by atoms with Crippen LogP contribution in [0.25, 0.3) is 33.4 Å². The fourth-order valence-corrected chi connectivity index (χ4v) is 3.78. The van der Waals surface area contributed by atoms with Crippen LogP contribution in [-0.2, 0) is 6.54 Å². The molecule has 5 heterocycles. The number of fused-ring (bicyclic) bond motifs is 2. The van der Waals surface area contributed by atoms with Gasteiger partial charge >= 0.3 is 6.61 Å². The third-order valence-electron chi connectivity index (χ3n) is 4.95. The van der Waals surface area contributed by atoms with E-state index in [9.17, 15) is 17.6 Å². The summed E-state index contributed by atoms with van der Waals surface area (Å²) in [6, 6.07) is 6.44. The maximum atomic E-state index is 13.9. The lowest BCUT2D eigenvalue weighted by molar-refractivity contribution is -0.0524. The predicted molar refractivity (Wildman–Crippen MR) is 102 cm³/mol. The van der Waals surface area contributed by atoms with Gasteiger partial charge in [-0.05, 0) is 24.3 Å². The van der Waals surface area contributed by atoms with Crippen LogP contribution in [0, 0.1) is 0 Å². The normalized spacial score (nSPS) is 13.6. The van der Waals surface area contributed by atoms with Gasteiger partial charge in [0.1, 0.15) is 11.3 Å². The number of halogens is 4. The summed E-state index contributed by atoms with van der Waals surface area (Å²) in [4.78, 5) is 11.2. The molecule has 160 valence electrons. The molecule has 0 saturated carbocycles. The molecule has 0 fully saturated rings. The average molecular weight is 433 g/mol. The monoisotopic (exact) mass is 433 g/mol. The van der Waals surface area contributed by atoms with E-state index >= 15 is 0 Å². The summed E-state index contributed by atoms with van der Waals surface area (Å²) >= 11 is 0. The minimum absolute atomic E-state index is 0.0644. The summed E-state index contributed by atoms with van der Waals surface area (Å²) in [6.07, 6.45) is 0.593. The van der Waals surface area contributed by atoms with Gasteiger partial charge in [-0.15, -0.1) is 0 Å². The first-order valence-electron chi connectivity index (χ1n) is 9.43. The number of pyridine rings is 2. The lowest BCUT2D eigenvalue weighted by atomic mass is 9.99. The Hall–Kier alpha value is -3.63. The molecule has 7 nitrogen and oxygen atoms in total. The average Bonchev–Trinajstić information content (AvgIpc) is 3.32. The molecule has 1 N–H and O–H groups in total. The van der Waals surface area contributed by atoms with Crippen LogP contribution in [0.15, 0.2) is 36.7 Å². The van der Waals surface area contributed by atoms with Crippen molar-refractivity contribution in [3.8, 4) is 34.1 Å². The highest BCUT2D eigenvalue weighted by molar-refractivity contribution is 6.04. The van der Waals surface area contributed by atoms with Gasteiger partial charge in [-0.25, -0.2) is 23.4 Å². The molecule has 0 radical (unpaired) electrons. The summed E-state index contributed by atoms with van der Waals surface area (Å²) in [6.45, 7) is -2.33. The first-order valence-corrected chi connectivity index (χ1v) is 9.43. The number of hydrogen-bond donors (Lipinski definition) is 1. The molecule has 0 saturated heterocycles. The molecule has 4 aromatic rings. The number of aromatic amines is 1. The summed E-state index contributed by atoms with van der Waals surface area (Å²) in [7, 11) is 0. The minimum Gasteiger partial charge on any atom is -0.477 e. The van der Waals surface area contributed by atoms with Gasteiger partial charge in [0.2, 0.25) is 11.8 Å². The SMILES string of the molecule is FC(F)Oc1ncccc1-c1c(-c2c(C(F)F)nn3c2OCCC3)[nH]c2ncccc12. The lowest BCUT2D eigenvalue weighted by Crippen LogP contribution is -2.15. The Bertz CT molecular complexity index is 1250. The van der Waals surface area contributed by atoms with E-state index in [0.29, 0.717) is 36.2 Å². The van der Waals surface area contributed by atoms with E-state index in [1.165, 1.54) is 23.1 Å². The fourth-order valence-electron chi connectivity index (χ4n) is 3.78. The third kappa shape index (κ3) is 3.25. The van der Waals surface area contributed by atoms with E-state index in [4.69, 9.17) is 4.74 Å². The second kappa shape index (κ2) is 7.56. The smallest absolute Gasteiger partial charge is 0.388 e. The van der Waals surface area contributed by atoms with E-state index in [1.807, 2.05) is 0 Å². The number of ether oxygens (including phenoxy) is 2. The second-order valence-electron chi connectivity index (χ2n) is 6.80. The van der Waals surface area contributed by atoms with Crippen molar-refractivity contribution in [2.75, 3.05) is 6.61 Å². The molecule has 0 aliphatic carbocycles. The van der Waals surface area contributed by atoms with Crippen LogP contribution < -0.4 is 9.47 Å². The maximum Gasteiger partial charge on any atom is 0.388 e. The van der Waals surface area contributed by atoms with Crippen LogP contribution in [0.2, 0.25) is 0 Å². The highest BCUT2D eigenvalue weighted by Gasteiger charge is 2.32. The fraction of sp³-hybridized carbons (Fsp3) is 0.250. The van der Waals surface area contributed by atoms with Gasteiger partial charge in [0, 0.05) is 41.9 Å². The summed E-state index contributed by atoms with van der Waals surface area (Å²) in [5, 5.41) is 4.57. The van der Waals surface area contributed by atoms with Crippen LogP contribution in [0.5, 0.6) is 11.8 Å². The largest absolute Gasteiger partial charge is 0.477 e. The number of aromatic nitrogens is 5. The van der Waals surface area contributed by atoms with E-state index in [1.54, 1.807) is 18.2 Å². The minimum atomic E-state index is -3.11. The Balaban J connectivity index is 1.84. The molecular weight excluding hydrogens is 418 g/mol. The molecule has 0 spiro atoms. The molecule has 4 aromatic heterocycles. The Morgan fingerprint density at radius 3 is 2.68 bits per heavy atom. The standard InChI is InChI=1S/C20H15F4N5O2/c21-16(22)15-13(19-29(28-15)8-3-9-30-19)14-12(10-4-1-6-25-17(10)27-14)11-5-2-7-26-18(11)31-20(23)24/h1-2,4-7,16,20H,3,8-9H2,(H,25,27). The van der Waals surface area contributed by atoms with Crippen LogP contribution in [0.3, 0.4) is 0 Å². The topological polar surface area (TPSA) is 77.9 Å². The van der Waals surface area contributed by atoms with E-state index in [0.717, 1.165) is 0 Å². The molecule has 0 aromatic carbocycles. The molecule has 5 rings (SSSR count). The Kier molecular flexibility index (Phi) is 4.72. The number of nitrogens with zero attached hydrogens (tertiary/aromatic N) is 4. The zero-order chi connectivity index (χ0) is 21.5. The zero-order valence-corrected chi connectivity index (χ0v) is 15.9. The summed E-state index contributed by atoms with van der Waals surface area (Å²) < 4.78 is 65.6. The summed E-state index contributed by atoms with van der Waals surface area (Å²) in [5.74, 6) is -0.140. The third-order valence-corrected chi connectivity index (χ3v) is 4.95. The maximum absolute atomic E-state index is 13.9. The van der Waals surface area contributed by atoms with Crippen molar-refractivity contribution >= 4 is 11.0 Å². The van der Waals surface area contributed by atoms with Gasteiger partial charge < -0.3 is 14.5 Å². The Morgan fingerprint density at radius 1 is 1.06 bits per heavy atom. The van der Waals surface area contributed by atoms with Crippen molar-refractivity contribution in [1.82, 2.24) is 24.7 Å². The zero-order valence-electron chi connectivity index (χ0n) is 15.9. The number of H-pyrrole nitrogens is 1. The van der Waals surface area contributed by atoms with E-state index < -0.39 is 18.7 Å². The molecule has 0 bridgehead atoms. The molecular formula is C20H15F4N5O2. The van der Waals surface area contributed by atoms with Crippen molar-refractivity contribution in [3.05, 3.63) is 42.4 Å². The molecule has 1 aliphatic rings. The van der Waals surface area contributed by atoms with Crippen LogP contribution >= 0.6 is 0 Å². The predicted octanol–water partition coefficient (Wildman–Crippen LogP) is 4.81. The van der Waals surface area contributed by atoms with Gasteiger partial charge in [-0.1, -0.05) is 0 Å². The van der Waals surface area contributed by atoms with Gasteiger partial charge in [0.25, 0.3) is 6.43 Å². The highest BCUT2D eigenvalue weighted by Crippen LogP contribution is 2.47. The lowest BCUT2D eigenvalue weighted by Gasteiger charge is -2.16. The van der Waals surface area contributed by atoms with E-state index in [-0.39, 0.29) is 28.6 Å². The quantitative estimate of drug-likeness (QED) is 0.457. The van der Waals surface area contributed by atoms with Crippen molar-refractivity contribution in [2.45, 2.75) is 26.0 Å². The second-order valence-corrected chi connectivity index (χ2v) is 6.80. The number of hydrogen-bond acceptors (Lipinski definition) is 5. The Morgan fingerprint density at radius 2 is 1.87 bits per heavy atom. The Labute approximate surface area is 172 Å². The van der Waals surface area contributed by atoms with E-state index in [2.05, 4.69) is 24.8 Å². The van der Waals surface area contributed by atoms with Crippen LogP contribution in [-0.4, -0.2) is 38.0 Å². The number of aryl methyl sites for hydroxylation is 1. The first-order chi connectivity index (χ1) is 15.0. The van der Waals surface area contributed by atoms with Crippen LogP contribution in [0.4, 0.5) is 17.6 Å². The summed E-state index contributed by atoms with van der Waals surface area (Å²) in [5.41, 5.74) is 0.751. The van der Waals surface area contributed by atoms with Crippen molar-refractivity contribution < 1.29 is 27.0 Å². The highest BCUT2D eigenvalue weighted by atomic mass is 19.3. The van der Waals surface area contributed by atoms with Gasteiger partial charge in [-0.3, -0.25) is 0 Å². The number of alkyl halides is 4. The molecule has 11 heteroatoms. The van der Waals surface area contributed by atoms with Gasteiger partial charge in [0.05, 0.1) is 17.9 Å². The van der Waals surface area contributed by atoms with Crippen LogP contribution in [0.1, 0.15) is 18.5 Å². The molecule has 0 unspecified atom stereocenters.